The standard InChI is InChI=1S/C14H23NO3S/c1-11(2)19(17,18)9-8-14(10-15)7-5-6-13(3,4)12(14)16/h11H,5-9H2,1-4H3. The van der Waals surface area contributed by atoms with E-state index in [1.807, 2.05) is 13.8 Å². The largest absolute Gasteiger partial charge is 0.297 e. The number of hydrogen-bond donors (Lipinski definition) is 0. The van der Waals surface area contributed by atoms with E-state index in [1.165, 1.54) is 0 Å². The van der Waals surface area contributed by atoms with Crippen LogP contribution in [-0.4, -0.2) is 25.2 Å². The molecule has 0 aromatic rings. The van der Waals surface area contributed by atoms with Gasteiger partial charge in [-0.3, -0.25) is 4.79 Å². The molecule has 0 radical (unpaired) electrons. The first-order valence-electron chi connectivity index (χ1n) is 6.75. The Morgan fingerprint density at radius 2 is 1.89 bits per heavy atom. The van der Waals surface area contributed by atoms with Gasteiger partial charge in [-0.05, 0) is 33.1 Å². The predicted octanol–water partition coefficient (Wildman–Crippen LogP) is 2.49. The van der Waals surface area contributed by atoms with Gasteiger partial charge in [-0.15, -0.1) is 0 Å². The van der Waals surface area contributed by atoms with Crippen LogP contribution in [0.2, 0.25) is 0 Å². The van der Waals surface area contributed by atoms with Crippen LogP contribution in [0.25, 0.3) is 0 Å². The normalized spacial score (nSPS) is 27.3. The Balaban J connectivity index is 2.95. The molecule has 0 bridgehead atoms. The van der Waals surface area contributed by atoms with E-state index in [0.717, 1.165) is 12.8 Å². The zero-order chi connectivity index (χ0) is 14.9. The van der Waals surface area contributed by atoms with Gasteiger partial charge in [0.1, 0.15) is 5.41 Å². The number of sulfone groups is 1. The van der Waals surface area contributed by atoms with Crippen molar-refractivity contribution in [2.24, 2.45) is 10.8 Å². The molecule has 0 aromatic heterocycles. The Labute approximate surface area is 116 Å². The molecule has 1 saturated carbocycles. The number of ketones is 1. The molecule has 0 heterocycles. The van der Waals surface area contributed by atoms with Crippen molar-refractivity contribution >= 4 is 15.6 Å². The summed E-state index contributed by atoms with van der Waals surface area (Å²) >= 11 is 0. The molecule has 1 atom stereocenters. The average molecular weight is 285 g/mol. The Bertz CT molecular complexity index is 499. The molecule has 1 fully saturated rings. The molecule has 108 valence electrons. The van der Waals surface area contributed by atoms with E-state index in [9.17, 15) is 18.5 Å². The van der Waals surface area contributed by atoms with E-state index < -0.39 is 25.9 Å². The molecule has 1 aliphatic carbocycles. The predicted molar refractivity (Wildman–Crippen MR) is 74.2 cm³/mol. The highest BCUT2D eigenvalue weighted by Crippen LogP contribution is 2.44. The van der Waals surface area contributed by atoms with Gasteiger partial charge < -0.3 is 0 Å². The van der Waals surface area contributed by atoms with E-state index in [2.05, 4.69) is 6.07 Å². The molecule has 0 aromatic carbocycles. The molecule has 0 aliphatic heterocycles. The topological polar surface area (TPSA) is 75.0 Å². The molecular formula is C14H23NO3S. The molecule has 0 amide bonds. The fourth-order valence-electron chi connectivity index (χ4n) is 2.66. The third-order valence-corrected chi connectivity index (χ3v) is 6.41. The van der Waals surface area contributed by atoms with Gasteiger partial charge in [0.2, 0.25) is 0 Å². The lowest BCUT2D eigenvalue weighted by molar-refractivity contribution is -0.138. The number of hydrogen-bond acceptors (Lipinski definition) is 4. The SMILES string of the molecule is CC(C)S(=O)(=O)CCC1(C#N)CCCC(C)(C)C1=O. The van der Waals surface area contributed by atoms with Gasteiger partial charge in [-0.25, -0.2) is 8.42 Å². The second-order valence-electron chi connectivity index (χ2n) is 6.43. The summed E-state index contributed by atoms with van der Waals surface area (Å²) in [7, 11) is -3.21. The van der Waals surface area contributed by atoms with Gasteiger partial charge in [0, 0.05) is 5.41 Å². The summed E-state index contributed by atoms with van der Waals surface area (Å²) in [6, 6.07) is 2.12. The average Bonchev–Trinajstić information content (AvgIpc) is 2.31. The summed E-state index contributed by atoms with van der Waals surface area (Å²) in [6.45, 7) is 6.94. The number of nitrogens with zero attached hydrogens (tertiary/aromatic N) is 1. The van der Waals surface area contributed by atoms with E-state index in [0.29, 0.717) is 6.42 Å². The van der Waals surface area contributed by atoms with Crippen molar-refractivity contribution in [1.29, 1.82) is 5.26 Å². The minimum Gasteiger partial charge on any atom is -0.297 e. The molecule has 1 aliphatic rings. The first-order valence-corrected chi connectivity index (χ1v) is 8.47. The van der Waals surface area contributed by atoms with Gasteiger partial charge in [0.15, 0.2) is 15.6 Å². The highest BCUT2D eigenvalue weighted by atomic mass is 32.2. The van der Waals surface area contributed by atoms with E-state index in [4.69, 9.17) is 0 Å². The quantitative estimate of drug-likeness (QED) is 0.795. The first-order chi connectivity index (χ1) is 8.57. The van der Waals surface area contributed by atoms with E-state index >= 15 is 0 Å². The van der Waals surface area contributed by atoms with Crippen molar-refractivity contribution in [3.63, 3.8) is 0 Å². The fraction of sp³-hybridized carbons (Fsp3) is 0.857. The Morgan fingerprint density at radius 3 is 2.37 bits per heavy atom. The third kappa shape index (κ3) is 3.17. The summed E-state index contributed by atoms with van der Waals surface area (Å²) in [5.41, 5.74) is -1.63. The summed E-state index contributed by atoms with van der Waals surface area (Å²) in [5, 5.41) is 8.95. The van der Waals surface area contributed by atoms with Crippen LogP contribution in [0.3, 0.4) is 0 Å². The number of Topliss-reactive ketones (excluding diaryl/α,β-unsaturated/α-hetero) is 1. The number of carbonyl (C=O) groups is 1. The van der Waals surface area contributed by atoms with Crippen LogP contribution in [0.1, 0.15) is 53.4 Å². The van der Waals surface area contributed by atoms with Crippen LogP contribution >= 0.6 is 0 Å². The lowest BCUT2D eigenvalue weighted by Crippen LogP contribution is -2.44. The Morgan fingerprint density at radius 1 is 1.32 bits per heavy atom. The highest BCUT2D eigenvalue weighted by molar-refractivity contribution is 7.91. The summed E-state index contributed by atoms with van der Waals surface area (Å²) in [6.07, 6.45) is 2.19. The molecule has 0 N–H and O–H groups in total. The second-order valence-corrected chi connectivity index (χ2v) is 9.10. The maximum Gasteiger partial charge on any atom is 0.158 e. The Hall–Kier alpha value is -0.890. The van der Waals surface area contributed by atoms with Crippen LogP contribution in [0, 0.1) is 22.2 Å². The maximum absolute atomic E-state index is 12.5. The molecule has 19 heavy (non-hydrogen) atoms. The molecule has 1 rings (SSSR count). The lowest BCUT2D eigenvalue weighted by Gasteiger charge is -2.39. The first kappa shape index (κ1) is 16.2. The van der Waals surface area contributed by atoms with Crippen LogP contribution in [-0.2, 0) is 14.6 Å². The summed E-state index contributed by atoms with van der Waals surface area (Å²) in [5.74, 6) is -0.173. The van der Waals surface area contributed by atoms with Crippen LogP contribution in [0.5, 0.6) is 0 Å². The van der Waals surface area contributed by atoms with Crippen LogP contribution < -0.4 is 0 Å². The van der Waals surface area contributed by atoms with Gasteiger partial charge in [-0.1, -0.05) is 20.3 Å². The molecule has 0 spiro atoms. The third-order valence-electron chi connectivity index (χ3n) is 4.20. The smallest absolute Gasteiger partial charge is 0.158 e. The summed E-state index contributed by atoms with van der Waals surface area (Å²) < 4.78 is 23.8. The molecule has 0 saturated heterocycles. The fourth-order valence-corrected chi connectivity index (χ4v) is 3.76. The molecule has 1 unspecified atom stereocenters. The van der Waals surface area contributed by atoms with Crippen molar-refractivity contribution in [3.8, 4) is 6.07 Å². The van der Waals surface area contributed by atoms with Crippen LogP contribution in [0.15, 0.2) is 0 Å². The van der Waals surface area contributed by atoms with E-state index in [-0.39, 0.29) is 18.0 Å². The monoisotopic (exact) mass is 285 g/mol. The zero-order valence-electron chi connectivity index (χ0n) is 12.2. The van der Waals surface area contributed by atoms with Crippen molar-refractivity contribution in [3.05, 3.63) is 0 Å². The van der Waals surface area contributed by atoms with Gasteiger partial charge in [0.05, 0.1) is 17.1 Å². The van der Waals surface area contributed by atoms with Gasteiger partial charge in [0.25, 0.3) is 0 Å². The minimum atomic E-state index is -3.21. The maximum atomic E-state index is 12.5. The minimum absolute atomic E-state index is 0.0833. The van der Waals surface area contributed by atoms with Crippen LogP contribution in [0.4, 0.5) is 0 Å². The van der Waals surface area contributed by atoms with Crippen molar-refractivity contribution in [1.82, 2.24) is 0 Å². The second kappa shape index (κ2) is 5.24. The zero-order valence-corrected chi connectivity index (χ0v) is 13.0. The molecule has 4 nitrogen and oxygen atoms in total. The van der Waals surface area contributed by atoms with E-state index in [1.54, 1.807) is 13.8 Å². The van der Waals surface area contributed by atoms with Crippen molar-refractivity contribution < 1.29 is 13.2 Å². The number of carbonyl (C=O) groups excluding carboxylic acids is 1. The summed E-state index contributed by atoms with van der Waals surface area (Å²) in [4.78, 5) is 12.5. The Kier molecular flexibility index (Phi) is 4.46. The van der Waals surface area contributed by atoms with Gasteiger partial charge >= 0.3 is 0 Å². The lowest BCUT2D eigenvalue weighted by atomic mass is 9.62. The number of nitriles is 1. The molecule has 5 heteroatoms. The highest BCUT2D eigenvalue weighted by Gasteiger charge is 2.49. The van der Waals surface area contributed by atoms with Gasteiger partial charge in [-0.2, -0.15) is 5.26 Å². The molecular weight excluding hydrogens is 262 g/mol. The van der Waals surface area contributed by atoms with Crippen molar-refractivity contribution in [2.45, 2.75) is 58.6 Å². The number of rotatable bonds is 4. The van der Waals surface area contributed by atoms with Crippen molar-refractivity contribution in [2.75, 3.05) is 5.75 Å².